The number of nitrogens with zero attached hydrogens (tertiary/aromatic N) is 4. The summed E-state index contributed by atoms with van der Waals surface area (Å²) >= 11 is 0. The van der Waals surface area contributed by atoms with Crippen LogP contribution in [0.1, 0.15) is 29.5 Å². The van der Waals surface area contributed by atoms with Gasteiger partial charge in [0.2, 0.25) is 0 Å². The van der Waals surface area contributed by atoms with Gasteiger partial charge in [0.05, 0.1) is 11.4 Å². The van der Waals surface area contributed by atoms with Crippen LogP contribution in [-0.2, 0) is 19.6 Å². The van der Waals surface area contributed by atoms with E-state index in [0.717, 1.165) is 44.6 Å². The SMILES string of the molecule is Fc1ccc(CN2c3ccccc3N(Cc3ccccc3)C2N=C2CCN(Cc3ccccc3)CC2)cc1. The fraction of sp³-hybridized carbons (Fsp3) is 0.242. The van der Waals surface area contributed by atoms with Crippen LogP contribution < -0.4 is 9.80 Å². The Morgan fingerprint density at radius 3 is 1.61 bits per heavy atom. The number of benzene rings is 4. The van der Waals surface area contributed by atoms with Crippen LogP contribution in [-0.4, -0.2) is 30.0 Å². The highest BCUT2D eigenvalue weighted by Crippen LogP contribution is 2.42. The third-order valence-electron chi connectivity index (χ3n) is 7.50. The van der Waals surface area contributed by atoms with Gasteiger partial charge in [-0.1, -0.05) is 84.9 Å². The molecular formula is C33H33FN4. The van der Waals surface area contributed by atoms with E-state index < -0.39 is 0 Å². The summed E-state index contributed by atoms with van der Waals surface area (Å²) < 4.78 is 13.7. The van der Waals surface area contributed by atoms with Crippen LogP contribution in [0, 0.1) is 5.82 Å². The molecule has 192 valence electrons. The first-order chi connectivity index (χ1) is 18.7. The summed E-state index contributed by atoms with van der Waals surface area (Å²) in [6, 6.07) is 36.7. The Hall–Kier alpha value is -3.96. The zero-order valence-electron chi connectivity index (χ0n) is 21.6. The molecule has 1 atom stereocenters. The Morgan fingerprint density at radius 1 is 0.579 bits per heavy atom. The standard InChI is InChI=1S/C33H33FN4/c34-29-17-15-28(16-18-29)25-38-32-14-8-7-13-31(32)37(24-27-11-5-2-6-12-27)33(38)35-30-19-21-36(22-20-30)23-26-9-3-1-4-10-26/h1-18,33H,19-25H2. The molecule has 38 heavy (non-hydrogen) atoms. The van der Waals surface area contributed by atoms with E-state index in [2.05, 4.69) is 99.6 Å². The largest absolute Gasteiger partial charge is 0.327 e. The number of anilines is 2. The molecule has 1 saturated heterocycles. The van der Waals surface area contributed by atoms with Gasteiger partial charge in [0.15, 0.2) is 6.29 Å². The molecule has 0 spiro atoms. The summed E-state index contributed by atoms with van der Waals surface area (Å²) in [6.45, 7) is 4.47. The highest BCUT2D eigenvalue weighted by atomic mass is 19.1. The number of piperidine rings is 1. The molecule has 2 aliphatic heterocycles. The lowest BCUT2D eigenvalue weighted by Gasteiger charge is -2.33. The third-order valence-corrected chi connectivity index (χ3v) is 7.50. The van der Waals surface area contributed by atoms with Gasteiger partial charge in [0.25, 0.3) is 0 Å². The topological polar surface area (TPSA) is 22.1 Å². The highest BCUT2D eigenvalue weighted by molar-refractivity contribution is 5.87. The van der Waals surface area contributed by atoms with Crippen molar-refractivity contribution in [3.63, 3.8) is 0 Å². The fourth-order valence-electron chi connectivity index (χ4n) is 5.51. The Kier molecular flexibility index (Phi) is 7.18. The summed E-state index contributed by atoms with van der Waals surface area (Å²) in [5.41, 5.74) is 7.32. The first-order valence-electron chi connectivity index (χ1n) is 13.5. The summed E-state index contributed by atoms with van der Waals surface area (Å²) in [7, 11) is 0. The predicted molar refractivity (Wildman–Crippen MR) is 154 cm³/mol. The third kappa shape index (κ3) is 5.48. The molecule has 5 heteroatoms. The van der Waals surface area contributed by atoms with Crippen LogP contribution in [0.5, 0.6) is 0 Å². The Balaban J connectivity index is 1.28. The van der Waals surface area contributed by atoms with E-state index in [9.17, 15) is 4.39 Å². The molecule has 1 fully saturated rings. The molecular weight excluding hydrogens is 471 g/mol. The van der Waals surface area contributed by atoms with Crippen LogP contribution in [0.25, 0.3) is 0 Å². The van der Waals surface area contributed by atoms with Crippen LogP contribution in [0.2, 0.25) is 0 Å². The van der Waals surface area contributed by atoms with Crippen molar-refractivity contribution in [2.24, 2.45) is 4.99 Å². The normalized spacial score (nSPS) is 17.5. The number of rotatable bonds is 7. The van der Waals surface area contributed by atoms with Crippen molar-refractivity contribution in [1.29, 1.82) is 0 Å². The summed E-state index contributed by atoms with van der Waals surface area (Å²) in [4.78, 5) is 12.7. The average molecular weight is 505 g/mol. The summed E-state index contributed by atoms with van der Waals surface area (Å²) in [5.74, 6) is -0.208. The van der Waals surface area contributed by atoms with Crippen molar-refractivity contribution in [3.05, 3.63) is 132 Å². The van der Waals surface area contributed by atoms with Gasteiger partial charge in [0.1, 0.15) is 5.82 Å². The van der Waals surface area contributed by atoms with Crippen LogP contribution in [0.15, 0.2) is 114 Å². The van der Waals surface area contributed by atoms with E-state index in [1.165, 1.54) is 28.2 Å². The zero-order valence-corrected chi connectivity index (χ0v) is 21.6. The zero-order chi connectivity index (χ0) is 25.7. The second kappa shape index (κ2) is 11.2. The van der Waals surface area contributed by atoms with Crippen molar-refractivity contribution in [2.45, 2.75) is 38.8 Å². The van der Waals surface area contributed by atoms with E-state index in [4.69, 9.17) is 4.99 Å². The lowest BCUT2D eigenvalue weighted by molar-refractivity contribution is 0.266. The highest BCUT2D eigenvalue weighted by Gasteiger charge is 2.36. The second-order valence-electron chi connectivity index (χ2n) is 10.2. The Labute approximate surface area is 224 Å². The van der Waals surface area contributed by atoms with Crippen molar-refractivity contribution >= 4 is 17.1 Å². The van der Waals surface area contributed by atoms with Crippen LogP contribution >= 0.6 is 0 Å². The van der Waals surface area contributed by atoms with Gasteiger partial charge in [-0.05, 0) is 53.8 Å². The molecule has 6 rings (SSSR count). The Bertz CT molecular complexity index is 1360. The van der Waals surface area contributed by atoms with Gasteiger partial charge >= 0.3 is 0 Å². The average Bonchev–Trinajstić information content (AvgIpc) is 3.24. The van der Waals surface area contributed by atoms with Crippen LogP contribution in [0.4, 0.5) is 15.8 Å². The minimum atomic E-state index is -0.208. The number of aliphatic imine (C=N–C) groups is 1. The van der Waals surface area contributed by atoms with E-state index in [1.807, 2.05) is 12.1 Å². The monoisotopic (exact) mass is 504 g/mol. The number of hydrogen-bond donors (Lipinski definition) is 0. The van der Waals surface area contributed by atoms with Gasteiger partial charge < -0.3 is 9.80 Å². The smallest absolute Gasteiger partial charge is 0.199 e. The van der Waals surface area contributed by atoms with Gasteiger partial charge in [-0.15, -0.1) is 0 Å². The first kappa shape index (κ1) is 24.4. The molecule has 0 N–H and O–H groups in total. The molecule has 2 aliphatic rings. The van der Waals surface area contributed by atoms with Gasteiger partial charge in [-0.25, -0.2) is 9.38 Å². The number of halogens is 1. The maximum atomic E-state index is 13.7. The molecule has 4 aromatic carbocycles. The maximum Gasteiger partial charge on any atom is 0.199 e. The lowest BCUT2D eigenvalue weighted by Crippen LogP contribution is -2.43. The molecule has 0 saturated carbocycles. The van der Waals surface area contributed by atoms with Gasteiger partial charge in [-0.3, -0.25) is 4.90 Å². The fourth-order valence-corrected chi connectivity index (χ4v) is 5.51. The predicted octanol–water partition coefficient (Wildman–Crippen LogP) is 6.87. The van der Waals surface area contributed by atoms with Crippen LogP contribution in [0.3, 0.4) is 0 Å². The molecule has 0 radical (unpaired) electrons. The number of fused-ring (bicyclic) bond motifs is 1. The molecule has 1 unspecified atom stereocenters. The second-order valence-corrected chi connectivity index (χ2v) is 10.2. The molecule has 0 aliphatic carbocycles. The van der Waals surface area contributed by atoms with Gasteiger partial charge in [-0.2, -0.15) is 0 Å². The van der Waals surface area contributed by atoms with E-state index >= 15 is 0 Å². The van der Waals surface area contributed by atoms with Gasteiger partial charge in [0, 0.05) is 38.4 Å². The first-order valence-corrected chi connectivity index (χ1v) is 13.5. The quantitative estimate of drug-likeness (QED) is 0.274. The molecule has 0 bridgehead atoms. The maximum absolute atomic E-state index is 13.7. The lowest BCUT2D eigenvalue weighted by atomic mass is 10.1. The molecule has 2 heterocycles. The van der Waals surface area contributed by atoms with E-state index in [1.54, 1.807) is 12.1 Å². The van der Waals surface area contributed by atoms with E-state index in [0.29, 0.717) is 6.54 Å². The minimum absolute atomic E-state index is 0.145. The van der Waals surface area contributed by atoms with Crippen molar-refractivity contribution < 1.29 is 4.39 Å². The molecule has 4 nitrogen and oxygen atoms in total. The van der Waals surface area contributed by atoms with E-state index in [-0.39, 0.29) is 12.1 Å². The number of likely N-dealkylation sites (tertiary alicyclic amines) is 1. The summed E-state index contributed by atoms with van der Waals surface area (Å²) in [5, 5.41) is 0. The Morgan fingerprint density at radius 2 is 1.05 bits per heavy atom. The molecule has 0 aromatic heterocycles. The molecule has 4 aromatic rings. The van der Waals surface area contributed by atoms with Crippen molar-refractivity contribution in [3.8, 4) is 0 Å². The van der Waals surface area contributed by atoms with Crippen molar-refractivity contribution in [2.75, 3.05) is 22.9 Å². The van der Waals surface area contributed by atoms with Crippen molar-refractivity contribution in [1.82, 2.24) is 4.90 Å². The number of hydrogen-bond acceptors (Lipinski definition) is 4. The minimum Gasteiger partial charge on any atom is -0.327 e. The number of para-hydroxylation sites is 2. The molecule has 0 amide bonds. The summed E-state index contributed by atoms with van der Waals surface area (Å²) in [6.07, 6.45) is 1.81.